The summed E-state index contributed by atoms with van der Waals surface area (Å²) in [5.41, 5.74) is -0.663. The quantitative estimate of drug-likeness (QED) is 0.514. The second-order valence-corrected chi connectivity index (χ2v) is 8.69. The molecule has 0 saturated carbocycles. The maximum absolute atomic E-state index is 12.9. The second-order valence-electron chi connectivity index (χ2n) is 6.76. The molecular weight excluding hydrogens is 436 g/mol. The van der Waals surface area contributed by atoms with Crippen molar-refractivity contribution < 1.29 is 27.1 Å². The lowest BCUT2D eigenvalue weighted by Crippen LogP contribution is -2.30. The van der Waals surface area contributed by atoms with Gasteiger partial charge in [0.2, 0.25) is 10.0 Å². The number of sulfonamides is 1. The van der Waals surface area contributed by atoms with Gasteiger partial charge in [-0.1, -0.05) is 13.8 Å². The summed E-state index contributed by atoms with van der Waals surface area (Å²) in [5, 5.41) is 3.06. The molecule has 0 atom stereocenters. The normalized spacial score (nSPS) is 11.5. The van der Waals surface area contributed by atoms with E-state index in [1.165, 1.54) is 42.8 Å². The van der Waals surface area contributed by atoms with Crippen LogP contribution in [0, 0.1) is 0 Å². The number of amides is 1. The minimum absolute atomic E-state index is 0.00687. The molecule has 0 saturated heterocycles. The van der Waals surface area contributed by atoms with Gasteiger partial charge in [0.05, 0.1) is 24.8 Å². The number of hydrogen-bond acceptors (Lipinski definition) is 7. The number of nitrogens with one attached hydrogen (secondary N) is 1. The molecule has 0 aliphatic rings. The first-order valence-electron chi connectivity index (χ1n) is 9.86. The molecule has 10 heteroatoms. The summed E-state index contributed by atoms with van der Waals surface area (Å²) in [7, 11) is -0.873. The zero-order valence-electron chi connectivity index (χ0n) is 18.2. The van der Waals surface area contributed by atoms with Gasteiger partial charge >= 0.3 is 5.63 Å². The molecule has 170 valence electrons. The van der Waals surface area contributed by atoms with E-state index in [4.69, 9.17) is 13.9 Å². The lowest BCUT2D eigenvalue weighted by molar-refractivity contribution is 0.102. The smallest absolute Gasteiger partial charge is 0.349 e. The first-order chi connectivity index (χ1) is 15.2. The van der Waals surface area contributed by atoms with Gasteiger partial charge in [-0.2, -0.15) is 4.31 Å². The molecule has 3 aromatic rings. The first-order valence-corrected chi connectivity index (χ1v) is 11.3. The molecule has 0 unspecified atom stereocenters. The molecule has 1 heterocycles. The number of hydrogen-bond donors (Lipinski definition) is 1. The van der Waals surface area contributed by atoms with Gasteiger partial charge in [-0.05, 0) is 42.5 Å². The number of methoxy groups -OCH3 is 2. The van der Waals surface area contributed by atoms with Crippen LogP contribution in [0.25, 0.3) is 11.0 Å². The average Bonchev–Trinajstić information content (AvgIpc) is 2.78. The minimum Gasteiger partial charge on any atom is -0.497 e. The molecule has 1 aromatic heterocycles. The Balaban J connectivity index is 2.02. The van der Waals surface area contributed by atoms with Crippen LogP contribution in [0.15, 0.2) is 56.6 Å². The van der Waals surface area contributed by atoms with Gasteiger partial charge in [0, 0.05) is 18.5 Å². The Morgan fingerprint density at radius 3 is 2.38 bits per heavy atom. The lowest BCUT2D eigenvalue weighted by atomic mass is 10.1. The minimum atomic E-state index is -3.76. The van der Waals surface area contributed by atoms with Crippen molar-refractivity contribution in [3.05, 3.63) is 58.4 Å². The van der Waals surface area contributed by atoms with Gasteiger partial charge in [-0.25, -0.2) is 13.2 Å². The molecule has 0 bridgehead atoms. The fourth-order valence-electron chi connectivity index (χ4n) is 3.23. The van der Waals surface area contributed by atoms with Crippen LogP contribution in [0.3, 0.4) is 0 Å². The van der Waals surface area contributed by atoms with Gasteiger partial charge in [0.1, 0.15) is 22.6 Å². The number of benzene rings is 2. The maximum Gasteiger partial charge on any atom is 0.349 e. The maximum atomic E-state index is 12.9. The number of carbonyl (C=O) groups excluding carboxylic acids is 1. The molecule has 3 rings (SSSR count). The van der Waals surface area contributed by atoms with Gasteiger partial charge in [-0.3, -0.25) is 4.79 Å². The SMILES string of the molecule is CCN(CC)S(=O)(=O)c1ccc(OC)c(NC(=O)c2cc3cc(OC)ccc3oc2=O)c1. The topological polar surface area (TPSA) is 115 Å². The van der Waals surface area contributed by atoms with E-state index in [1.54, 1.807) is 32.0 Å². The Labute approximate surface area is 185 Å². The third kappa shape index (κ3) is 4.46. The highest BCUT2D eigenvalue weighted by molar-refractivity contribution is 7.89. The Hall–Kier alpha value is -3.37. The van der Waals surface area contributed by atoms with Crippen molar-refractivity contribution in [2.24, 2.45) is 0 Å². The molecule has 9 nitrogen and oxygen atoms in total. The number of carbonyl (C=O) groups is 1. The molecule has 0 aliphatic heterocycles. The Bertz CT molecular complexity index is 1310. The lowest BCUT2D eigenvalue weighted by Gasteiger charge is -2.19. The van der Waals surface area contributed by atoms with Crippen LogP contribution in [0.4, 0.5) is 5.69 Å². The molecular formula is C22H24N2O7S. The number of fused-ring (bicyclic) bond motifs is 1. The van der Waals surface area contributed by atoms with Crippen molar-refractivity contribution in [3.8, 4) is 11.5 Å². The Kier molecular flexibility index (Phi) is 6.85. The van der Waals surface area contributed by atoms with Crippen LogP contribution in [-0.2, 0) is 10.0 Å². The second kappa shape index (κ2) is 9.41. The standard InChI is InChI=1S/C22H24N2O7S/c1-5-24(6-2)32(27,28)16-8-10-20(30-4)18(13-16)23-21(25)17-12-14-11-15(29-3)7-9-19(14)31-22(17)26/h7-13H,5-6H2,1-4H3,(H,23,25). The summed E-state index contributed by atoms with van der Waals surface area (Å²) in [4.78, 5) is 25.3. The summed E-state index contributed by atoms with van der Waals surface area (Å²) < 4.78 is 42.7. The van der Waals surface area contributed by atoms with Crippen molar-refractivity contribution in [1.82, 2.24) is 4.31 Å². The van der Waals surface area contributed by atoms with Crippen LogP contribution in [-0.4, -0.2) is 45.9 Å². The molecule has 1 N–H and O–H groups in total. The van der Waals surface area contributed by atoms with Crippen LogP contribution in [0.5, 0.6) is 11.5 Å². The summed E-state index contributed by atoms with van der Waals surface area (Å²) in [6.07, 6.45) is 0. The fourth-order valence-corrected chi connectivity index (χ4v) is 4.72. The van der Waals surface area contributed by atoms with Crippen LogP contribution < -0.4 is 20.4 Å². The monoisotopic (exact) mass is 460 g/mol. The molecule has 0 spiro atoms. The van der Waals surface area contributed by atoms with Crippen molar-refractivity contribution in [2.45, 2.75) is 18.7 Å². The molecule has 0 fully saturated rings. The number of nitrogens with zero attached hydrogens (tertiary/aromatic N) is 1. The number of anilines is 1. The number of rotatable bonds is 8. The third-order valence-corrected chi connectivity index (χ3v) is 6.99. The highest BCUT2D eigenvalue weighted by Gasteiger charge is 2.24. The van der Waals surface area contributed by atoms with Gasteiger partial charge in [0.15, 0.2) is 0 Å². The van der Waals surface area contributed by atoms with Crippen LogP contribution in [0.1, 0.15) is 24.2 Å². The van der Waals surface area contributed by atoms with Crippen molar-refractivity contribution >= 4 is 32.6 Å². The van der Waals surface area contributed by atoms with E-state index < -0.39 is 21.6 Å². The first kappa shape index (κ1) is 23.3. The van der Waals surface area contributed by atoms with E-state index in [1.807, 2.05) is 0 Å². The Morgan fingerprint density at radius 1 is 1.03 bits per heavy atom. The summed E-state index contributed by atoms with van der Waals surface area (Å²) >= 11 is 0. The molecule has 0 radical (unpaired) electrons. The highest BCUT2D eigenvalue weighted by Crippen LogP contribution is 2.29. The summed E-state index contributed by atoms with van der Waals surface area (Å²) in [5.74, 6) is 0.0107. The van der Waals surface area contributed by atoms with Gasteiger partial charge in [0.25, 0.3) is 5.91 Å². The van der Waals surface area contributed by atoms with Crippen molar-refractivity contribution in [2.75, 3.05) is 32.6 Å². The summed E-state index contributed by atoms with van der Waals surface area (Å²) in [6.45, 7) is 4.07. The van der Waals surface area contributed by atoms with E-state index in [0.29, 0.717) is 29.8 Å². The molecule has 2 aromatic carbocycles. The van der Waals surface area contributed by atoms with Crippen molar-refractivity contribution in [3.63, 3.8) is 0 Å². The molecule has 32 heavy (non-hydrogen) atoms. The van der Waals surface area contributed by atoms with E-state index in [9.17, 15) is 18.0 Å². The Morgan fingerprint density at radius 2 is 1.75 bits per heavy atom. The average molecular weight is 461 g/mol. The van der Waals surface area contributed by atoms with E-state index in [2.05, 4.69) is 5.32 Å². The third-order valence-electron chi connectivity index (χ3n) is 4.95. The van der Waals surface area contributed by atoms with Gasteiger partial charge in [-0.15, -0.1) is 0 Å². The highest BCUT2D eigenvalue weighted by atomic mass is 32.2. The van der Waals surface area contributed by atoms with Crippen LogP contribution >= 0.6 is 0 Å². The molecule has 1 amide bonds. The van der Waals surface area contributed by atoms with E-state index >= 15 is 0 Å². The van der Waals surface area contributed by atoms with Crippen molar-refractivity contribution in [1.29, 1.82) is 0 Å². The zero-order valence-corrected chi connectivity index (χ0v) is 19.0. The van der Waals surface area contributed by atoms with E-state index in [-0.39, 0.29) is 21.9 Å². The molecule has 0 aliphatic carbocycles. The van der Waals surface area contributed by atoms with Crippen LogP contribution in [0.2, 0.25) is 0 Å². The number of ether oxygens (including phenoxy) is 2. The summed E-state index contributed by atoms with van der Waals surface area (Å²) in [6, 6.07) is 10.4. The zero-order chi connectivity index (χ0) is 23.5. The predicted molar refractivity (Wildman–Crippen MR) is 120 cm³/mol. The van der Waals surface area contributed by atoms with Gasteiger partial charge < -0.3 is 19.2 Å². The predicted octanol–water partition coefficient (Wildman–Crippen LogP) is 3.09. The largest absolute Gasteiger partial charge is 0.497 e. The fraction of sp³-hybridized carbons (Fsp3) is 0.273. The van der Waals surface area contributed by atoms with E-state index in [0.717, 1.165) is 0 Å².